The molecule has 3 nitrogen and oxygen atoms in total. The number of para-hydroxylation sites is 2. The number of hydrogen-bond acceptors (Lipinski definition) is 2. The van der Waals surface area contributed by atoms with E-state index in [0.717, 1.165) is 6.54 Å². The average molecular weight is 490 g/mol. The number of hydrogen-bond donors (Lipinski definition) is 0. The predicted octanol–water partition coefficient (Wildman–Crippen LogP) is 7.03. The highest BCUT2D eigenvalue weighted by molar-refractivity contribution is 6.07. The molecule has 1 aromatic heterocycles. The zero-order valence-electron chi connectivity index (χ0n) is 20.9. The third-order valence-corrected chi connectivity index (χ3v) is 7.53. The highest BCUT2D eigenvalue weighted by Gasteiger charge is 2.16. The van der Waals surface area contributed by atoms with Crippen LogP contribution in [0.4, 0.5) is 0 Å². The van der Waals surface area contributed by atoms with Gasteiger partial charge in [-0.2, -0.15) is 0 Å². The van der Waals surface area contributed by atoms with Crippen LogP contribution in [0, 0.1) is 0 Å². The van der Waals surface area contributed by atoms with E-state index in [2.05, 4.69) is 93.2 Å². The lowest BCUT2D eigenvalue weighted by molar-refractivity contribution is 0.129. The van der Waals surface area contributed by atoms with Crippen LogP contribution in [-0.2, 0) is 13.0 Å². The summed E-state index contributed by atoms with van der Waals surface area (Å²) in [7, 11) is 0. The minimum atomic E-state index is 0. The van der Waals surface area contributed by atoms with E-state index in [4.69, 9.17) is 0 Å². The minimum Gasteiger partial charge on any atom is -0.340 e. The van der Waals surface area contributed by atoms with Crippen molar-refractivity contribution >= 4 is 34.2 Å². The fourth-order valence-electron chi connectivity index (χ4n) is 5.57. The Kier molecular flexibility index (Phi) is 9.65. The summed E-state index contributed by atoms with van der Waals surface area (Å²) in [6.45, 7) is 8.57. The summed E-state index contributed by atoms with van der Waals surface area (Å²) in [6, 6.07) is 28.6. The van der Waals surface area contributed by atoms with Crippen LogP contribution in [0.2, 0.25) is 0 Å². The number of piperazine rings is 1. The molecule has 4 heteroatoms. The Labute approximate surface area is 217 Å². The van der Waals surface area contributed by atoms with Gasteiger partial charge in [0.2, 0.25) is 0 Å². The maximum absolute atomic E-state index is 2.68. The molecule has 5 rings (SSSR count). The Morgan fingerprint density at radius 1 is 0.486 bits per heavy atom. The first kappa shape index (κ1) is 25.8. The largest absolute Gasteiger partial charge is 0.340 e. The number of rotatable bonds is 11. The Hall–Kier alpha value is -2.33. The van der Waals surface area contributed by atoms with E-state index >= 15 is 0 Å². The molecule has 1 aliphatic rings. The molecule has 0 bridgehead atoms. The molecule has 0 radical (unpaired) electrons. The van der Waals surface area contributed by atoms with E-state index in [-0.39, 0.29) is 12.4 Å². The van der Waals surface area contributed by atoms with Crippen molar-refractivity contribution in [1.29, 1.82) is 0 Å². The summed E-state index contributed by atoms with van der Waals surface area (Å²) in [5.74, 6) is 0. The van der Waals surface area contributed by atoms with Gasteiger partial charge in [-0.3, -0.25) is 0 Å². The number of nitrogens with zero attached hydrogens (tertiary/aromatic N) is 3. The van der Waals surface area contributed by atoms with Crippen LogP contribution in [0.15, 0.2) is 78.9 Å². The maximum Gasteiger partial charge on any atom is 0.0491 e. The molecule has 0 amide bonds. The van der Waals surface area contributed by atoms with Crippen molar-refractivity contribution in [3.63, 3.8) is 0 Å². The fraction of sp³-hybridized carbons (Fsp3) is 0.419. The molecule has 4 aromatic rings. The number of halogens is 1. The Balaban J connectivity index is 0.00000289. The fourth-order valence-corrected chi connectivity index (χ4v) is 5.57. The second-order valence-electron chi connectivity index (χ2n) is 9.87. The van der Waals surface area contributed by atoms with E-state index < -0.39 is 0 Å². The SMILES string of the molecule is Cl.c1ccc(CCCCCN2CCN(CCCCn3c4ccccc4c4ccccc43)CC2)cc1. The molecule has 3 aromatic carbocycles. The third kappa shape index (κ3) is 6.67. The minimum absolute atomic E-state index is 0. The van der Waals surface area contributed by atoms with Crippen molar-refractivity contribution in [2.24, 2.45) is 0 Å². The lowest BCUT2D eigenvalue weighted by Gasteiger charge is -2.34. The second-order valence-corrected chi connectivity index (χ2v) is 9.87. The molecule has 1 saturated heterocycles. The van der Waals surface area contributed by atoms with Crippen LogP contribution in [0.1, 0.15) is 37.7 Å². The van der Waals surface area contributed by atoms with Gasteiger partial charge < -0.3 is 14.4 Å². The van der Waals surface area contributed by atoms with E-state index in [9.17, 15) is 0 Å². The maximum atomic E-state index is 2.68. The predicted molar refractivity (Wildman–Crippen MR) is 153 cm³/mol. The van der Waals surface area contributed by atoms with Crippen LogP contribution in [0.3, 0.4) is 0 Å². The molecular formula is C31H40ClN3. The second kappa shape index (κ2) is 13.1. The highest BCUT2D eigenvalue weighted by atomic mass is 35.5. The molecule has 0 unspecified atom stereocenters. The smallest absolute Gasteiger partial charge is 0.0491 e. The first-order chi connectivity index (χ1) is 16.9. The molecule has 0 N–H and O–H groups in total. The molecular weight excluding hydrogens is 450 g/mol. The van der Waals surface area contributed by atoms with Crippen molar-refractivity contribution in [3.8, 4) is 0 Å². The summed E-state index contributed by atoms with van der Waals surface area (Å²) >= 11 is 0. The van der Waals surface area contributed by atoms with E-state index in [1.807, 2.05) is 0 Å². The summed E-state index contributed by atoms with van der Waals surface area (Å²) in [4.78, 5) is 5.36. The lowest BCUT2D eigenvalue weighted by Crippen LogP contribution is -2.46. The van der Waals surface area contributed by atoms with Gasteiger partial charge in [0.05, 0.1) is 0 Å². The summed E-state index contributed by atoms with van der Waals surface area (Å²) < 4.78 is 2.53. The topological polar surface area (TPSA) is 11.4 Å². The van der Waals surface area contributed by atoms with Gasteiger partial charge in [-0.15, -0.1) is 12.4 Å². The number of fused-ring (bicyclic) bond motifs is 3. The normalized spacial score (nSPS) is 15.0. The van der Waals surface area contributed by atoms with Crippen molar-refractivity contribution in [2.75, 3.05) is 39.3 Å². The molecule has 2 heterocycles. The first-order valence-electron chi connectivity index (χ1n) is 13.3. The van der Waals surface area contributed by atoms with Crippen molar-refractivity contribution < 1.29 is 0 Å². The molecule has 35 heavy (non-hydrogen) atoms. The van der Waals surface area contributed by atoms with Gasteiger partial charge in [0, 0.05) is 54.5 Å². The van der Waals surface area contributed by atoms with E-state index in [0.29, 0.717) is 0 Å². The molecule has 0 aliphatic carbocycles. The highest BCUT2D eigenvalue weighted by Crippen LogP contribution is 2.29. The summed E-state index contributed by atoms with van der Waals surface area (Å²) in [5, 5.41) is 2.77. The summed E-state index contributed by atoms with van der Waals surface area (Å²) in [5.41, 5.74) is 4.23. The van der Waals surface area contributed by atoms with Crippen molar-refractivity contribution in [3.05, 3.63) is 84.4 Å². The Morgan fingerprint density at radius 2 is 0.971 bits per heavy atom. The van der Waals surface area contributed by atoms with Crippen LogP contribution >= 0.6 is 12.4 Å². The van der Waals surface area contributed by atoms with E-state index in [1.165, 1.54) is 105 Å². The molecule has 1 aliphatic heterocycles. The standard InChI is InChI=1S/C31H39N3.ClH/c1-3-13-27(14-4-1)15-5-2-10-20-32-23-25-33(26-24-32)21-11-12-22-34-30-18-8-6-16-28(30)29-17-7-9-19-31(29)34;/h1,3-4,6-9,13-14,16-19H,2,5,10-12,15,20-26H2;1H. The zero-order valence-corrected chi connectivity index (χ0v) is 21.8. The van der Waals surface area contributed by atoms with Gasteiger partial charge in [0.15, 0.2) is 0 Å². The average Bonchev–Trinajstić information content (AvgIpc) is 3.21. The van der Waals surface area contributed by atoms with E-state index in [1.54, 1.807) is 0 Å². The van der Waals surface area contributed by atoms with Gasteiger partial charge in [0.1, 0.15) is 0 Å². The van der Waals surface area contributed by atoms with Crippen LogP contribution in [0.25, 0.3) is 21.8 Å². The zero-order chi connectivity index (χ0) is 23.0. The molecule has 0 atom stereocenters. The molecule has 1 fully saturated rings. The van der Waals surface area contributed by atoms with Crippen LogP contribution < -0.4 is 0 Å². The van der Waals surface area contributed by atoms with Gasteiger partial charge in [-0.25, -0.2) is 0 Å². The summed E-state index contributed by atoms with van der Waals surface area (Å²) in [6.07, 6.45) is 7.74. The molecule has 0 spiro atoms. The number of aryl methyl sites for hydroxylation is 2. The molecule has 0 saturated carbocycles. The Bertz CT molecular complexity index is 1110. The number of benzene rings is 3. The van der Waals surface area contributed by atoms with Gasteiger partial charge >= 0.3 is 0 Å². The van der Waals surface area contributed by atoms with Crippen molar-refractivity contribution in [1.82, 2.24) is 14.4 Å². The van der Waals surface area contributed by atoms with Crippen LogP contribution in [-0.4, -0.2) is 53.6 Å². The number of aromatic nitrogens is 1. The van der Waals surface area contributed by atoms with Gasteiger partial charge in [-0.1, -0.05) is 73.2 Å². The number of unbranched alkanes of at least 4 members (excludes halogenated alkanes) is 3. The first-order valence-corrected chi connectivity index (χ1v) is 13.3. The third-order valence-electron chi connectivity index (χ3n) is 7.53. The monoisotopic (exact) mass is 489 g/mol. The Morgan fingerprint density at radius 3 is 1.57 bits per heavy atom. The van der Waals surface area contributed by atoms with Gasteiger partial charge in [0.25, 0.3) is 0 Å². The molecule has 186 valence electrons. The van der Waals surface area contributed by atoms with Crippen LogP contribution in [0.5, 0.6) is 0 Å². The van der Waals surface area contributed by atoms with Crippen molar-refractivity contribution in [2.45, 2.75) is 45.1 Å². The lowest BCUT2D eigenvalue weighted by atomic mass is 10.1. The quantitative estimate of drug-likeness (QED) is 0.209. The van der Waals surface area contributed by atoms with Gasteiger partial charge in [-0.05, 0) is 62.9 Å².